The van der Waals surface area contributed by atoms with Crippen LogP contribution >= 0.6 is 0 Å². The number of sulfonamides is 1. The molecule has 0 atom stereocenters. The highest BCUT2D eigenvalue weighted by Crippen LogP contribution is 2.20. The average molecular weight is 385 g/mol. The molecule has 2 aromatic heterocycles. The normalized spacial score (nSPS) is 16.4. The molecule has 1 aliphatic rings. The Morgan fingerprint density at radius 3 is 2.74 bits per heavy atom. The smallest absolute Gasteiger partial charge is 0.273 e. The molecule has 1 amide bonds. The number of amides is 1. The molecule has 4 rings (SSSR count). The molecule has 140 valence electrons. The van der Waals surface area contributed by atoms with E-state index in [0.29, 0.717) is 31.7 Å². The lowest BCUT2D eigenvalue weighted by molar-refractivity contribution is 0.0760. The van der Waals surface area contributed by atoms with Crippen LogP contribution in [0.5, 0.6) is 0 Å². The van der Waals surface area contributed by atoms with Crippen LogP contribution in [0, 0.1) is 0 Å². The molecule has 0 radical (unpaired) electrons. The Kier molecular flexibility index (Phi) is 4.63. The summed E-state index contributed by atoms with van der Waals surface area (Å²) in [6.45, 7) is 1.39. The minimum atomic E-state index is -3.63. The molecular formula is C18H19N5O3S. The summed E-state index contributed by atoms with van der Waals surface area (Å²) in [6, 6.07) is 9.48. The van der Waals surface area contributed by atoms with Crippen LogP contribution in [0.1, 0.15) is 16.9 Å². The number of aromatic nitrogens is 3. The quantitative estimate of drug-likeness (QED) is 0.736. The molecule has 1 N–H and O–H groups in total. The lowest BCUT2D eigenvalue weighted by atomic mass is 10.1. The molecule has 1 aliphatic heterocycles. The first kappa shape index (κ1) is 17.6. The lowest BCUT2D eigenvalue weighted by Crippen LogP contribution is -2.37. The first-order valence-corrected chi connectivity index (χ1v) is 10.1. The summed E-state index contributed by atoms with van der Waals surface area (Å²) >= 11 is 0. The van der Waals surface area contributed by atoms with Gasteiger partial charge in [0.25, 0.3) is 15.9 Å². The fourth-order valence-corrected chi connectivity index (χ4v) is 4.67. The highest BCUT2D eigenvalue weighted by atomic mass is 32.2. The molecule has 0 saturated carbocycles. The van der Waals surface area contributed by atoms with Crippen molar-refractivity contribution < 1.29 is 13.2 Å². The first-order valence-electron chi connectivity index (χ1n) is 8.69. The summed E-state index contributed by atoms with van der Waals surface area (Å²) in [5.41, 5.74) is 0.401. The maximum absolute atomic E-state index is 13.0. The highest BCUT2D eigenvalue weighted by molar-refractivity contribution is 7.89. The fourth-order valence-electron chi connectivity index (χ4n) is 3.30. The van der Waals surface area contributed by atoms with Crippen molar-refractivity contribution in [3.8, 4) is 0 Å². The second kappa shape index (κ2) is 7.09. The van der Waals surface area contributed by atoms with Gasteiger partial charge in [-0.15, -0.1) is 0 Å². The van der Waals surface area contributed by atoms with Gasteiger partial charge in [0.2, 0.25) is 0 Å². The second-order valence-electron chi connectivity index (χ2n) is 6.35. The first-order chi connectivity index (χ1) is 13.1. The van der Waals surface area contributed by atoms with E-state index in [9.17, 15) is 13.2 Å². The number of hydrogen-bond donors (Lipinski definition) is 1. The summed E-state index contributed by atoms with van der Waals surface area (Å²) in [4.78, 5) is 25.4. The zero-order valence-corrected chi connectivity index (χ0v) is 15.4. The van der Waals surface area contributed by atoms with Crippen LogP contribution < -0.4 is 0 Å². The summed E-state index contributed by atoms with van der Waals surface area (Å²) in [7, 11) is -3.63. The van der Waals surface area contributed by atoms with Gasteiger partial charge in [-0.25, -0.2) is 13.4 Å². The zero-order chi connectivity index (χ0) is 18.9. The van der Waals surface area contributed by atoms with Crippen molar-refractivity contribution in [2.24, 2.45) is 0 Å². The van der Waals surface area contributed by atoms with Crippen LogP contribution in [0.25, 0.3) is 10.8 Å². The van der Waals surface area contributed by atoms with Gasteiger partial charge in [-0.1, -0.05) is 24.3 Å². The standard InChI is InChI=1S/C18H19N5O3S/c24-18(17-15-5-2-1-4-14(15)6-7-20-17)22-8-3-9-23(11-10-22)27(25,26)16-12-19-13-21-16/h1-2,4-7,12-13H,3,8-11H2,(H,19,21). The van der Waals surface area contributed by atoms with Gasteiger partial charge < -0.3 is 9.88 Å². The molecule has 8 nitrogen and oxygen atoms in total. The zero-order valence-electron chi connectivity index (χ0n) is 14.6. The van der Waals surface area contributed by atoms with Gasteiger partial charge in [0.05, 0.1) is 12.5 Å². The number of carbonyl (C=O) groups excluding carboxylic acids is 1. The van der Waals surface area contributed by atoms with Crippen molar-refractivity contribution in [2.45, 2.75) is 11.4 Å². The largest absolute Gasteiger partial charge is 0.336 e. The van der Waals surface area contributed by atoms with E-state index < -0.39 is 10.0 Å². The summed E-state index contributed by atoms with van der Waals surface area (Å²) in [5, 5.41) is 1.82. The Morgan fingerprint density at radius 2 is 1.93 bits per heavy atom. The predicted octanol–water partition coefficient (Wildman–Crippen LogP) is 1.49. The van der Waals surface area contributed by atoms with E-state index in [1.165, 1.54) is 16.8 Å². The van der Waals surface area contributed by atoms with Gasteiger partial charge in [-0.3, -0.25) is 9.78 Å². The second-order valence-corrected chi connectivity index (χ2v) is 8.25. The number of pyridine rings is 1. The molecule has 9 heteroatoms. The average Bonchev–Trinajstić information content (AvgIpc) is 3.12. The third-order valence-electron chi connectivity index (χ3n) is 4.71. The van der Waals surface area contributed by atoms with Crippen molar-refractivity contribution >= 4 is 26.7 Å². The van der Waals surface area contributed by atoms with E-state index in [4.69, 9.17) is 0 Å². The van der Waals surface area contributed by atoms with E-state index in [1.54, 1.807) is 11.1 Å². The van der Waals surface area contributed by atoms with Crippen LogP contribution in [0.15, 0.2) is 54.1 Å². The van der Waals surface area contributed by atoms with E-state index in [2.05, 4.69) is 15.0 Å². The molecule has 3 heterocycles. The minimum Gasteiger partial charge on any atom is -0.336 e. The maximum atomic E-state index is 13.0. The number of H-pyrrole nitrogens is 1. The monoisotopic (exact) mass is 385 g/mol. The molecule has 0 spiro atoms. The fraction of sp³-hybridized carbons (Fsp3) is 0.278. The maximum Gasteiger partial charge on any atom is 0.273 e. The summed E-state index contributed by atoms with van der Waals surface area (Å²) < 4.78 is 26.7. The van der Waals surface area contributed by atoms with Gasteiger partial charge in [0, 0.05) is 37.8 Å². The number of aromatic amines is 1. The number of nitrogens with zero attached hydrogens (tertiary/aromatic N) is 4. The predicted molar refractivity (Wildman–Crippen MR) is 99.6 cm³/mol. The number of hydrogen-bond acceptors (Lipinski definition) is 5. The highest BCUT2D eigenvalue weighted by Gasteiger charge is 2.30. The Balaban J connectivity index is 1.55. The van der Waals surface area contributed by atoms with Crippen molar-refractivity contribution in [2.75, 3.05) is 26.2 Å². The van der Waals surface area contributed by atoms with E-state index in [-0.39, 0.29) is 17.5 Å². The minimum absolute atomic E-state index is 0.0676. The van der Waals surface area contributed by atoms with Crippen molar-refractivity contribution in [3.63, 3.8) is 0 Å². The number of benzene rings is 1. The van der Waals surface area contributed by atoms with E-state index >= 15 is 0 Å². The SMILES string of the molecule is O=C(c1nccc2ccccc12)N1CCCN(S(=O)(=O)c2cnc[nH]2)CC1. The van der Waals surface area contributed by atoms with Crippen LogP contribution in [0.2, 0.25) is 0 Å². The number of carbonyl (C=O) groups is 1. The molecule has 1 aromatic carbocycles. The third kappa shape index (κ3) is 3.31. The Labute approximate surface area is 156 Å². The topological polar surface area (TPSA) is 99.3 Å². The van der Waals surface area contributed by atoms with Crippen LogP contribution in [-0.4, -0.2) is 64.7 Å². The van der Waals surface area contributed by atoms with Crippen molar-refractivity contribution in [1.82, 2.24) is 24.2 Å². The van der Waals surface area contributed by atoms with Gasteiger partial charge in [0.1, 0.15) is 5.69 Å². The molecule has 27 heavy (non-hydrogen) atoms. The van der Waals surface area contributed by atoms with Gasteiger partial charge >= 0.3 is 0 Å². The number of imidazole rings is 1. The number of rotatable bonds is 3. The summed E-state index contributed by atoms with van der Waals surface area (Å²) in [6.07, 6.45) is 4.82. The van der Waals surface area contributed by atoms with Crippen LogP contribution in [0.3, 0.4) is 0 Å². The van der Waals surface area contributed by atoms with E-state index in [0.717, 1.165) is 10.8 Å². The van der Waals surface area contributed by atoms with Gasteiger partial charge in [-0.05, 0) is 17.9 Å². The third-order valence-corrected chi connectivity index (χ3v) is 6.53. The molecule has 0 unspecified atom stereocenters. The number of nitrogens with one attached hydrogen (secondary N) is 1. The molecule has 3 aromatic rings. The molecule has 1 saturated heterocycles. The van der Waals surface area contributed by atoms with Crippen LogP contribution in [-0.2, 0) is 10.0 Å². The lowest BCUT2D eigenvalue weighted by Gasteiger charge is -2.21. The Bertz CT molecular complexity index is 1060. The Hall–Kier alpha value is -2.78. The van der Waals surface area contributed by atoms with Gasteiger partial charge in [0.15, 0.2) is 5.03 Å². The molecule has 0 bridgehead atoms. The van der Waals surface area contributed by atoms with Crippen LogP contribution in [0.4, 0.5) is 0 Å². The van der Waals surface area contributed by atoms with E-state index in [1.807, 2.05) is 30.3 Å². The summed E-state index contributed by atoms with van der Waals surface area (Å²) in [5.74, 6) is -0.174. The Morgan fingerprint density at radius 1 is 1.07 bits per heavy atom. The molecule has 0 aliphatic carbocycles. The van der Waals surface area contributed by atoms with Crippen molar-refractivity contribution in [1.29, 1.82) is 0 Å². The number of fused-ring (bicyclic) bond motifs is 1. The van der Waals surface area contributed by atoms with Gasteiger partial charge in [-0.2, -0.15) is 4.31 Å². The molecular weight excluding hydrogens is 366 g/mol. The van der Waals surface area contributed by atoms with Crippen molar-refractivity contribution in [3.05, 3.63) is 54.7 Å². The molecule has 1 fully saturated rings.